The minimum atomic E-state index is -1.51. The van der Waals surface area contributed by atoms with Gasteiger partial charge in [0, 0.05) is 5.69 Å². The molecule has 0 radical (unpaired) electrons. The Hall–Kier alpha value is -2.54. The van der Waals surface area contributed by atoms with Gasteiger partial charge in [-0.05, 0) is 24.6 Å². The van der Waals surface area contributed by atoms with Crippen molar-refractivity contribution in [2.45, 2.75) is 13.0 Å². The van der Waals surface area contributed by atoms with Crippen LogP contribution in [-0.4, -0.2) is 23.9 Å². The summed E-state index contributed by atoms with van der Waals surface area (Å²) in [4.78, 5) is 34.5. The lowest BCUT2D eigenvalue weighted by Gasteiger charge is -2.20. The van der Waals surface area contributed by atoms with Crippen LogP contribution in [0.3, 0.4) is 0 Å². The summed E-state index contributed by atoms with van der Waals surface area (Å²) in [6, 6.07) is 7.19. The molecule has 1 aliphatic rings. The van der Waals surface area contributed by atoms with Gasteiger partial charge in [-0.15, -0.1) is 0 Å². The molecular formula is C14H14ClN3O4. The Morgan fingerprint density at radius 2 is 1.95 bits per heavy atom. The van der Waals surface area contributed by atoms with Crippen molar-refractivity contribution in [3.05, 3.63) is 40.6 Å². The first-order valence-corrected chi connectivity index (χ1v) is 6.72. The zero-order valence-corrected chi connectivity index (χ0v) is 12.4. The highest BCUT2D eigenvalue weighted by Crippen LogP contribution is 2.31. The van der Waals surface area contributed by atoms with Crippen LogP contribution in [-0.2, 0) is 19.1 Å². The molecule has 1 unspecified atom stereocenters. The van der Waals surface area contributed by atoms with Crippen molar-refractivity contribution in [1.29, 1.82) is 0 Å². The quantitative estimate of drug-likeness (QED) is 0.533. The molecule has 1 aromatic rings. The standard InChI is InChI=1S/C14H14ClN3O4/c1-6-3-2-4-7(5-6)18-10-9(15)14(21)22-11(10)8(12(16)19)13(17)20/h2-5,8,11,18H,1H3,(H2,16,19)(H2,17,20). The normalized spacial score (nSPS) is 17.6. The van der Waals surface area contributed by atoms with E-state index in [0.717, 1.165) is 5.56 Å². The number of carbonyl (C=O) groups excluding carboxylic acids is 3. The fourth-order valence-electron chi connectivity index (χ4n) is 2.14. The Morgan fingerprint density at radius 3 is 2.50 bits per heavy atom. The Labute approximate surface area is 131 Å². The van der Waals surface area contributed by atoms with Crippen molar-refractivity contribution in [3.63, 3.8) is 0 Å². The number of benzene rings is 1. The van der Waals surface area contributed by atoms with E-state index in [9.17, 15) is 14.4 Å². The number of esters is 1. The van der Waals surface area contributed by atoms with Gasteiger partial charge in [-0.1, -0.05) is 23.7 Å². The lowest BCUT2D eigenvalue weighted by Crippen LogP contribution is -2.45. The van der Waals surface area contributed by atoms with Gasteiger partial charge in [0.2, 0.25) is 11.8 Å². The van der Waals surface area contributed by atoms with Crippen LogP contribution in [0.2, 0.25) is 0 Å². The van der Waals surface area contributed by atoms with Crippen LogP contribution in [0.1, 0.15) is 5.56 Å². The van der Waals surface area contributed by atoms with E-state index in [4.69, 9.17) is 27.8 Å². The molecule has 0 aromatic heterocycles. The summed E-state index contributed by atoms with van der Waals surface area (Å²) in [6.07, 6.45) is -1.27. The molecule has 2 amide bonds. The maximum atomic E-state index is 11.6. The van der Waals surface area contributed by atoms with E-state index in [1.807, 2.05) is 13.0 Å². The molecule has 0 bridgehead atoms. The topological polar surface area (TPSA) is 125 Å². The smallest absolute Gasteiger partial charge is 0.352 e. The minimum absolute atomic E-state index is 0.0832. The van der Waals surface area contributed by atoms with Crippen LogP contribution < -0.4 is 16.8 Å². The highest BCUT2D eigenvalue weighted by atomic mass is 35.5. The average Bonchev–Trinajstić information content (AvgIpc) is 2.66. The third-order valence-corrected chi connectivity index (χ3v) is 3.50. The highest BCUT2D eigenvalue weighted by Gasteiger charge is 2.44. The van der Waals surface area contributed by atoms with E-state index in [1.165, 1.54) is 0 Å². The molecule has 8 heteroatoms. The summed E-state index contributed by atoms with van der Waals surface area (Å²) in [7, 11) is 0. The number of nitrogens with one attached hydrogen (secondary N) is 1. The molecule has 2 rings (SSSR count). The van der Waals surface area contributed by atoms with Crippen molar-refractivity contribution in [1.82, 2.24) is 0 Å². The van der Waals surface area contributed by atoms with Gasteiger partial charge in [0.15, 0.2) is 12.0 Å². The van der Waals surface area contributed by atoms with Crippen molar-refractivity contribution >= 4 is 35.1 Å². The second-order valence-electron chi connectivity index (χ2n) is 4.83. The molecule has 1 atom stereocenters. The van der Waals surface area contributed by atoms with Crippen molar-refractivity contribution < 1.29 is 19.1 Å². The monoisotopic (exact) mass is 323 g/mol. The van der Waals surface area contributed by atoms with Gasteiger partial charge in [-0.2, -0.15) is 0 Å². The van der Waals surface area contributed by atoms with Crippen LogP contribution in [0.5, 0.6) is 0 Å². The number of rotatable bonds is 5. The number of amides is 2. The van der Waals surface area contributed by atoms with E-state index in [1.54, 1.807) is 18.2 Å². The molecule has 1 aromatic carbocycles. The molecule has 0 aliphatic carbocycles. The molecule has 0 saturated heterocycles. The van der Waals surface area contributed by atoms with E-state index in [-0.39, 0.29) is 10.7 Å². The largest absolute Gasteiger partial charge is 0.450 e. The van der Waals surface area contributed by atoms with E-state index < -0.39 is 29.8 Å². The van der Waals surface area contributed by atoms with Crippen LogP contribution in [0.15, 0.2) is 35.0 Å². The summed E-state index contributed by atoms with van der Waals surface area (Å²) in [6.45, 7) is 1.88. The van der Waals surface area contributed by atoms with Crippen molar-refractivity contribution in [2.24, 2.45) is 17.4 Å². The molecule has 0 fully saturated rings. The number of hydrogen-bond acceptors (Lipinski definition) is 5. The predicted octanol–water partition coefficient (Wildman–Crippen LogP) is 0.370. The summed E-state index contributed by atoms with van der Waals surface area (Å²) in [5.41, 5.74) is 12.0. The molecule has 116 valence electrons. The highest BCUT2D eigenvalue weighted by molar-refractivity contribution is 6.42. The Morgan fingerprint density at radius 1 is 1.32 bits per heavy atom. The second kappa shape index (κ2) is 6.07. The van der Waals surface area contributed by atoms with Gasteiger partial charge in [-0.3, -0.25) is 9.59 Å². The van der Waals surface area contributed by atoms with E-state index in [2.05, 4.69) is 5.32 Å². The van der Waals surface area contributed by atoms with E-state index in [0.29, 0.717) is 5.69 Å². The first kappa shape index (κ1) is 15.8. The Kier molecular flexibility index (Phi) is 4.37. The molecule has 1 heterocycles. The zero-order chi connectivity index (χ0) is 16.4. The molecule has 0 saturated carbocycles. The molecular weight excluding hydrogens is 310 g/mol. The number of primary amides is 2. The summed E-state index contributed by atoms with van der Waals surface area (Å²) < 4.78 is 4.96. The lowest BCUT2D eigenvalue weighted by atomic mass is 9.98. The third kappa shape index (κ3) is 3.04. The zero-order valence-electron chi connectivity index (χ0n) is 11.6. The number of anilines is 1. The Bertz CT molecular complexity index is 672. The minimum Gasteiger partial charge on any atom is -0.450 e. The molecule has 7 nitrogen and oxygen atoms in total. The summed E-state index contributed by atoms with van der Waals surface area (Å²) in [5, 5.41) is 2.64. The van der Waals surface area contributed by atoms with E-state index >= 15 is 0 Å². The first-order valence-electron chi connectivity index (χ1n) is 6.34. The number of nitrogens with two attached hydrogens (primary N) is 2. The molecule has 22 heavy (non-hydrogen) atoms. The van der Waals surface area contributed by atoms with Gasteiger partial charge >= 0.3 is 5.97 Å². The number of hydrogen-bond donors (Lipinski definition) is 3. The number of cyclic esters (lactones) is 1. The Balaban J connectivity index is 2.38. The van der Waals surface area contributed by atoms with Gasteiger partial charge in [0.25, 0.3) is 0 Å². The summed E-state index contributed by atoms with van der Waals surface area (Å²) in [5.74, 6) is -4.36. The third-order valence-electron chi connectivity index (χ3n) is 3.15. The van der Waals surface area contributed by atoms with Crippen LogP contribution in [0.25, 0.3) is 0 Å². The number of halogens is 1. The number of aryl methyl sites for hydroxylation is 1. The first-order chi connectivity index (χ1) is 10.3. The second-order valence-corrected chi connectivity index (χ2v) is 5.21. The molecule has 1 aliphatic heterocycles. The molecule has 5 N–H and O–H groups in total. The maximum Gasteiger partial charge on any atom is 0.352 e. The summed E-state index contributed by atoms with van der Waals surface area (Å²) >= 11 is 5.90. The lowest BCUT2D eigenvalue weighted by molar-refractivity contribution is -0.146. The van der Waals surface area contributed by atoms with Gasteiger partial charge in [0.05, 0.1) is 5.70 Å². The average molecular weight is 324 g/mol. The van der Waals surface area contributed by atoms with Crippen molar-refractivity contribution in [2.75, 3.05) is 5.32 Å². The molecule has 0 spiro atoms. The SMILES string of the molecule is Cc1cccc(NC2=C(Cl)C(=O)OC2C(C(N)=O)C(N)=O)c1. The predicted molar refractivity (Wildman–Crippen MR) is 79.4 cm³/mol. The van der Waals surface area contributed by atoms with Crippen LogP contribution in [0.4, 0.5) is 5.69 Å². The fraction of sp³-hybridized carbons (Fsp3) is 0.214. The van der Waals surface area contributed by atoms with Crippen LogP contribution in [0, 0.1) is 12.8 Å². The van der Waals surface area contributed by atoms with Gasteiger partial charge in [-0.25, -0.2) is 4.79 Å². The van der Waals surface area contributed by atoms with Gasteiger partial charge in [0.1, 0.15) is 5.03 Å². The number of carbonyl (C=O) groups is 3. The number of ether oxygens (including phenoxy) is 1. The fourth-order valence-corrected chi connectivity index (χ4v) is 2.34. The van der Waals surface area contributed by atoms with Gasteiger partial charge < -0.3 is 21.5 Å². The maximum absolute atomic E-state index is 11.6. The van der Waals surface area contributed by atoms with Crippen molar-refractivity contribution in [3.8, 4) is 0 Å². The van der Waals surface area contributed by atoms with Crippen LogP contribution >= 0.6 is 11.6 Å².